The van der Waals surface area contributed by atoms with Gasteiger partial charge in [0.2, 0.25) is 0 Å². The Balaban J connectivity index is 1.71. The molecule has 1 atom stereocenters. The Kier molecular flexibility index (Phi) is 4.74. The van der Waals surface area contributed by atoms with Gasteiger partial charge in [-0.15, -0.1) is 11.3 Å². The number of hydrogen-bond donors (Lipinski definition) is 0. The molecule has 1 fully saturated rings. The molecule has 1 aromatic carbocycles. The Morgan fingerprint density at radius 3 is 2.68 bits per heavy atom. The van der Waals surface area contributed by atoms with Gasteiger partial charge in [0.25, 0.3) is 0 Å². The van der Waals surface area contributed by atoms with Gasteiger partial charge >= 0.3 is 0 Å². The van der Waals surface area contributed by atoms with Crippen LogP contribution >= 0.6 is 11.3 Å². The Hall–Kier alpha value is -1.46. The minimum atomic E-state index is -0.208. The molecular weight excluding hydrogens is 297 g/mol. The van der Waals surface area contributed by atoms with Gasteiger partial charge < -0.3 is 4.90 Å². The van der Waals surface area contributed by atoms with Crippen LogP contribution in [0.2, 0.25) is 0 Å². The van der Waals surface area contributed by atoms with Gasteiger partial charge in [0, 0.05) is 30.1 Å². The smallest absolute Gasteiger partial charge is 0.185 e. The van der Waals surface area contributed by atoms with Crippen molar-refractivity contribution in [2.24, 2.45) is 0 Å². The van der Waals surface area contributed by atoms with Crippen molar-refractivity contribution >= 4 is 16.5 Å². The van der Waals surface area contributed by atoms with Crippen molar-refractivity contribution in [2.75, 3.05) is 31.1 Å². The average Bonchev–Trinajstić information content (AvgIpc) is 3.18. The molecule has 1 unspecified atom stereocenters. The van der Waals surface area contributed by atoms with Crippen LogP contribution in [0.15, 0.2) is 29.6 Å². The molecule has 0 bridgehead atoms. The fourth-order valence-corrected chi connectivity index (χ4v) is 3.99. The Morgan fingerprint density at radius 2 is 2.00 bits per heavy atom. The largest absolute Gasteiger partial charge is 0.346 e. The van der Waals surface area contributed by atoms with E-state index >= 15 is 0 Å². The van der Waals surface area contributed by atoms with Gasteiger partial charge in [-0.25, -0.2) is 9.37 Å². The molecule has 5 heteroatoms. The maximum Gasteiger partial charge on any atom is 0.185 e. The molecule has 2 aromatic rings. The normalized spacial score (nSPS) is 18.4. The molecule has 1 aliphatic rings. The molecule has 118 valence electrons. The monoisotopic (exact) mass is 319 g/mol. The maximum atomic E-state index is 13.0. The van der Waals surface area contributed by atoms with Crippen LogP contribution in [0.3, 0.4) is 0 Å². The lowest BCUT2D eigenvalue weighted by molar-refractivity contribution is 0.232. The number of thiazole rings is 1. The molecule has 3 rings (SSSR count). The number of benzene rings is 1. The molecule has 0 aliphatic carbocycles. The van der Waals surface area contributed by atoms with E-state index in [0.717, 1.165) is 42.6 Å². The first-order valence-electron chi connectivity index (χ1n) is 7.91. The van der Waals surface area contributed by atoms with E-state index in [-0.39, 0.29) is 5.82 Å². The van der Waals surface area contributed by atoms with E-state index in [2.05, 4.69) is 29.0 Å². The predicted octanol–water partition coefficient (Wildman–Crippen LogP) is 3.87. The lowest BCUT2D eigenvalue weighted by Crippen LogP contribution is -2.37. The van der Waals surface area contributed by atoms with Gasteiger partial charge in [-0.1, -0.05) is 13.8 Å². The van der Waals surface area contributed by atoms with Crippen LogP contribution in [0.5, 0.6) is 0 Å². The quantitative estimate of drug-likeness (QED) is 0.834. The van der Waals surface area contributed by atoms with Crippen molar-refractivity contribution in [3.8, 4) is 11.3 Å². The minimum Gasteiger partial charge on any atom is -0.346 e. The number of halogens is 1. The van der Waals surface area contributed by atoms with Crippen LogP contribution < -0.4 is 4.90 Å². The molecule has 1 aliphatic heterocycles. The summed E-state index contributed by atoms with van der Waals surface area (Å²) in [6.07, 6.45) is 1.20. The SMILES string of the molecule is CCN(CC)C1CCN(c2nc(-c3ccc(F)cc3)cs2)C1. The molecule has 1 aromatic heterocycles. The third kappa shape index (κ3) is 3.15. The van der Waals surface area contributed by atoms with Crippen molar-refractivity contribution < 1.29 is 4.39 Å². The number of anilines is 1. The van der Waals surface area contributed by atoms with Gasteiger partial charge in [0.05, 0.1) is 5.69 Å². The van der Waals surface area contributed by atoms with Crippen molar-refractivity contribution in [3.63, 3.8) is 0 Å². The van der Waals surface area contributed by atoms with Crippen LogP contribution in [0, 0.1) is 5.82 Å². The summed E-state index contributed by atoms with van der Waals surface area (Å²) in [6, 6.07) is 7.18. The van der Waals surface area contributed by atoms with Crippen molar-refractivity contribution in [3.05, 3.63) is 35.5 Å². The van der Waals surface area contributed by atoms with Crippen molar-refractivity contribution in [1.82, 2.24) is 9.88 Å². The molecule has 2 heterocycles. The Labute approximate surface area is 135 Å². The fourth-order valence-electron chi connectivity index (χ4n) is 3.12. The molecule has 3 nitrogen and oxygen atoms in total. The van der Waals surface area contributed by atoms with Gasteiger partial charge in [0.1, 0.15) is 5.82 Å². The van der Waals surface area contributed by atoms with E-state index in [4.69, 9.17) is 4.98 Å². The third-order valence-electron chi connectivity index (χ3n) is 4.39. The zero-order valence-electron chi connectivity index (χ0n) is 13.1. The lowest BCUT2D eigenvalue weighted by atomic mass is 10.2. The molecule has 1 saturated heterocycles. The van der Waals surface area contributed by atoms with E-state index in [1.165, 1.54) is 18.6 Å². The van der Waals surface area contributed by atoms with Crippen molar-refractivity contribution in [1.29, 1.82) is 0 Å². The first-order valence-corrected chi connectivity index (χ1v) is 8.79. The molecule has 22 heavy (non-hydrogen) atoms. The summed E-state index contributed by atoms with van der Waals surface area (Å²) >= 11 is 1.68. The third-order valence-corrected chi connectivity index (χ3v) is 5.30. The van der Waals surface area contributed by atoms with E-state index < -0.39 is 0 Å². The van der Waals surface area contributed by atoms with E-state index in [9.17, 15) is 4.39 Å². The topological polar surface area (TPSA) is 19.4 Å². The highest BCUT2D eigenvalue weighted by molar-refractivity contribution is 7.14. The van der Waals surface area contributed by atoms with Gasteiger partial charge in [0.15, 0.2) is 5.13 Å². The number of likely N-dealkylation sites (N-methyl/N-ethyl adjacent to an activating group) is 1. The first-order chi connectivity index (χ1) is 10.7. The Morgan fingerprint density at radius 1 is 1.27 bits per heavy atom. The number of rotatable bonds is 5. The van der Waals surface area contributed by atoms with Gasteiger partial charge in [-0.05, 0) is 43.8 Å². The standard InChI is InChI=1S/C17H22FN3S/c1-3-20(4-2)15-9-10-21(11-15)17-19-16(12-22-17)13-5-7-14(18)8-6-13/h5-8,12,15H,3-4,9-11H2,1-2H3. The summed E-state index contributed by atoms with van der Waals surface area (Å²) in [5.41, 5.74) is 1.91. The second-order valence-corrected chi connectivity index (χ2v) is 6.47. The molecular formula is C17H22FN3S. The second-order valence-electron chi connectivity index (χ2n) is 5.63. The molecule has 0 radical (unpaired) electrons. The van der Waals surface area contributed by atoms with E-state index in [1.54, 1.807) is 23.5 Å². The maximum absolute atomic E-state index is 13.0. The zero-order chi connectivity index (χ0) is 15.5. The first kappa shape index (κ1) is 15.4. The van der Waals surface area contributed by atoms with Crippen LogP contribution in [0.1, 0.15) is 20.3 Å². The summed E-state index contributed by atoms with van der Waals surface area (Å²) in [5, 5.41) is 3.14. The second kappa shape index (κ2) is 6.75. The average molecular weight is 319 g/mol. The highest BCUT2D eigenvalue weighted by Gasteiger charge is 2.27. The summed E-state index contributed by atoms with van der Waals surface area (Å²) in [6.45, 7) is 8.78. The van der Waals surface area contributed by atoms with Crippen LogP contribution in [0.25, 0.3) is 11.3 Å². The fraction of sp³-hybridized carbons (Fsp3) is 0.471. The highest BCUT2D eigenvalue weighted by Crippen LogP contribution is 2.30. The summed E-state index contributed by atoms with van der Waals surface area (Å²) < 4.78 is 13.0. The van der Waals surface area contributed by atoms with Gasteiger partial charge in [-0.3, -0.25) is 4.90 Å². The lowest BCUT2D eigenvalue weighted by Gasteiger charge is -2.25. The highest BCUT2D eigenvalue weighted by atomic mass is 32.1. The Bertz CT molecular complexity index is 607. The van der Waals surface area contributed by atoms with Crippen LogP contribution in [-0.2, 0) is 0 Å². The molecule has 0 saturated carbocycles. The van der Waals surface area contributed by atoms with Crippen molar-refractivity contribution in [2.45, 2.75) is 26.3 Å². The summed E-state index contributed by atoms with van der Waals surface area (Å²) in [7, 11) is 0. The minimum absolute atomic E-state index is 0.208. The molecule has 0 amide bonds. The number of nitrogens with zero attached hydrogens (tertiary/aromatic N) is 3. The number of hydrogen-bond acceptors (Lipinski definition) is 4. The predicted molar refractivity (Wildman–Crippen MR) is 91.0 cm³/mol. The zero-order valence-corrected chi connectivity index (χ0v) is 13.9. The number of aromatic nitrogens is 1. The van der Waals surface area contributed by atoms with Crippen LogP contribution in [0.4, 0.5) is 9.52 Å². The summed E-state index contributed by atoms with van der Waals surface area (Å²) in [5.74, 6) is -0.208. The van der Waals surface area contributed by atoms with E-state index in [0.29, 0.717) is 6.04 Å². The molecule has 0 spiro atoms. The van der Waals surface area contributed by atoms with Gasteiger partial charge in [-0.2, -0.15) is 0 Å². The van der Waals surface area contributed by atoms with Crippen LogP contribution in [-0.4, -0.2) is 42.1 Å². The summed E-state index contributed by atoms with van der Waals surface area (Å²) in [4.78, 5) is 9.64. The molecule has 0 N–H and O–H groups in total. The van der Waals surface area contributed by atoms with E-state index in [1.807, 2.05) is 0 Å².